The standard InChI is InChI=1S/C8H13ClO2/c9-5-7-6-10-8(11-7)3-1-2-4-8/h7H,1-6H2/t7-/m0/s1. The van der Waals surface area contributed by atoms with Crippen molar-refractivity contribution in [2.45, 2.75) is 37.6 Å². The molecule has 1 atom stereocenters. The van der Waals surface area contributed by atoms with Crippen molar-refractivity contribution in [3.05, 3.63) is 0 Å². The van der Waals surface area contributed by atoms with Crippen LogP contribution in [0.4, 0.5) is 0 Å². The van der Waals surface area contributed by atoms with Gasteiger partial charge in [0.1, 0.15) is 0 Å². The Morgan fingerprint density at radius 1 is 1.36 bits per heavy atom. The Morgan fingerprint density at radius 3 is 2.64 bits per heavy atom. The molecule has 2 fully saturated rings. The third-order valence-corrected chi connectivity index (χ3v) is 2.80. The zero-order chi connectivity index (χ0) is 7.73. The molecule has 1 saturated heterocycles. The molecule has 1 spiro atoms. The van der Waals surface area contributed by atoms with E-state index in [1.54, 1.807) is 0 Å². The van der Waals surface area contributed by atoms with Crippen LogP contribution in [0, 0.1) is 0 Å². The lowest BCUT2D eigenvalue weighted by atomic mass is 10.2. The van der Waals surface area contributed by atoms with Crippen molar-refractivity contribution < 1.29 is 9.47 Å². The quantitative estimate of drug-likeness (QED) is 0.569. The average molecular weight is 177 g/mol. The molecule has 0 unspecified atom stereocenters. The van der Waals surface area contributed by atoms with Crippen LogP contribution in [0.25, 0.3) is 0 Å². The van der Waals surface area contributed by atoms with Crippen LogP contribution < -0.4 is 0 Å². The van der Waals surface area contributed by atoms with Gasteiger partial charge in [0, 0.05) is 12.8 Å². The number of ether oxygens (including phenoxy) is 2. The van der Waals surface area contributed by atoms with Crippen LogP contribution in [0.1, 0.15) is 25.7 Å². The Balaban J connectivity index is 1.96. The lowest BCUT2D eigenvalue weighted by molar-refractivity contribution is -0.159. The van der Waals surface area contributed by atoms with Crippen LogP contribution in [0.5, 0.6) is 0 Å². The monoisotopic (exact) mass is 176 g/mol. The Kier molecular flexibility index (Phi) is 2.08. The van der Waals surface area contributed by atoms with E-state index in [1.165, 1.54) is 12.8 Å². The van der Waals surface area contributed by atoms with Gasteiger partial charge in [0.25, 0.3) is 0 Å². The molecule has 0 N–H and O–H groups in total. The maximum atomic E-state index is 5.70. The average Bonchev–Trinajstić information content (AvgIpc) is 2.62. The van der Waals surface area contributed by atoms with Gasteiger partial charge in [-0.15, -0.1) is 11.6 Å². The SMILES string of the molecule is ClC[C@H]1COC2(CCCC2)O1. The highest BCUT2D eigenvalue weighted by atomic mass is 35.5. The second-order valence-corrected chi connectivity index (χ2v) is 3.63. The maximum Gasteiger partial charge on any atom is 0.168 e. The number of hydrogen-bond donors (Lipinski definition) is 0. The molecule has 0 bridgehead atoms. The Bertz CT molecular complexity index is 143. The molecule has 0 aromatic carbocycles. The molecule has 2 aliphatic rings. The van der Waals surface area contributed by atoms with Gasteiger partial charge in [0.05, 0.1) is 18.6 Å². The van der Waals surface area contributed by atoms with E-state index >= 15 is 0 Å². The first-order chi connectivity index (χ1) is 5.35. The molecule has 3 heteroatoms. The van der Waals surface area contributed by atoms with Crippen molar-refractivity contribution in [1.29, 1.82) is 0 Å². The first kappa shape index (κ1) is 7.84. The van der Waals surface area contributed by atoms with E-state index in [2.05, 4.69) is 0 Å². The fourth-order valence-corrected chi connectivity index (χ4v) is 2.02. The van der Waals surface area contributed by atoms with Crippen molar-refractivity contribution in [1.82, 2.24) is 0 Å². The molecule has 1 saturated carbocycles. The second kappa shape index (κ2) is 2.92. The van der Waals surface area contributed by atoms with E-state index in [1.807, 2.05) is 0 Å². The highest BCUT2D eigenvalue weighted by molar-refractivity contribution is 6.18. The van der Waals surface area contributed by atoms with Gasteiger partial charge in [-0.1, -0.05) is 0 Å². The van der Waals surface area contributed by atoms with E-state index in [-0.39, 0.29) is 11.9 Å². The molecule has 2 rings (SSSR count). The smallest absolute Gasteiger partial charge is 0.168 e. The van der Waals surface area contributed by atoms with Gasteiger partial charge < -0.3 is 9.47 Å². The maximum absolute atomic E-state index is 5.70. The summed E-state index contributed by atoms with van der Waals surface area (Å²) in [7, 11) is 0. The van der Waals surface area contributed by atoms with Crippen molar-refractivity contribution >= 4 is 11.6 Å². The summed E-state index contributed by atoms with van der Waals surface area (Å²) >= 11 is 5.66. The molecule has 0 aromatic heterocycles. The van der Waals surface area contributed by atoms with E-state index in [0.717, 1.165) is 12.8 Å². The topological polar surface area (TPSA) is 18.5 Å². The van der Waals surface area contributed by atoms with E-state index < -0.39 is 0 Å². The fraction of sp³-hybridized carbons (Fsp3) is 1.00. The third kappa shape index (κ3) is 1.40. The Hall–Kier alpha value is 0.210. The van der Waals surface area contributed by atoms with E-state index in [9.17, 15) is 0 Å². The summed E-state index contributed by atoms with van der Waals surface area (Å²) in [5.41, 5.74) is 0. The van der Waals surface area contributed by atoms with Crippen molar-refractivity contribution in [2.75, 3.05) is 12.5 Å². The molecule has 1 heterocycles. The summed E-state index contributed by atoms with van der Waals surface area (Å²) in [5.74, 6) is 0.335. The largest absolute Gasteiger partial charge is 0.347 e. The zero-order valence-electron chi connectivity index (χ0n) is 6.51. The lowest BCUT2D eigenvalue weighted by Crippen LogP contribution is -2.26. The lowest BCUT2D eigenvalue weighted by Gasteiger charge is -2.21. The highest BCUT2D eigenvalue weighted by Crippen LogP contribution is 2.39. The van der Waals surface area contributed by atoms with Gasteiger partial charge in [-0.2, -0.15) is 0 Å². The molecule has 0 amide bonds. The molecule has 1 aliphatic carbocycles. The summed E-state index contributed by atoms with van der Waals surface area (Å²) in [6.07, 6.45) is 4.71. The van der Waals surface area contributed by atoms with Gasteiger partial charge in [0.15, 0.2) is 5.79 Å². The minimum Gasteiger partial charge on any atom is -0.347 e. The van der Waals surface area contributed by atoms with Gasteiger partial charge in [-0.25, -0.2) is 0 Å². The van der Waals surface area contributed by atoms with Crippen LogP contribution in [-0.4, -0.2) is 24.4 Å². The third-order valence-electron chi connectivity index (χ3n) is 2.45. The second-order valence-electron chi connectivity index (χ2n) is 3.32. The minimum atomic E-state index is -0.223. The van der Waals surface area contributed by atoms with Crippen molar-refractivity contribution in [2.24, 2.45) is 0 Å². The first-order valence-corrected chi connectivity index (χ1v) is 4.76. The predicted molar refractivity (Wildman–Crippen MR) is 42.7 cm³/mol. The molecule has 64 valence electrons. The molecule has 2 nitrogen and oxygen atoms in total. The summed E-state index contributed by atoms with van der Waals surface area (Å²) in [5, 5.41) is 0. The van der Waals surface area contributed by atoms with Crippen LogP contribution in [0.2, 0.25) is 0 Å². The number of alkyl halides is 1. The van der Waals surface area contributed by atoms with Crippen molar-refractivity contribution in [3.8, 4) is 0 Å². The summed E-state index contributed by atoms with van der Waals surface area (Å²) in [6.45, 7) is 0.684. The Labute approximate surface area is 71.8 Å². The minimum absolute atomic E-state index is 0.134. The molecule has 0 radical (unpaired) electrons. The summed E-state index contributed by atoms with van der Waals surface area (Å²) in [4.78, 5) is 0. The van der Waals surface area contributed by atoms with Crippen LogP contribution in [0.3, 0.4) is 0 Å². The van der Waals surface area contributed by atoms with Gasteiger partial charge >= 0.3 is 0 Å². The van der Waals surface area contributed by atoms with Crippen LogP contribution >= 0.6 is 11.6 Å². The fourth-order valence-electron chi connectivity index (χ4n) is 1.87. The van der Waals surface area contributed by atoms with Gasteiger partial charge in [0.2, 0.25) is 0 Å². The number of halogens is 1. The van der Waals surface area contributed by atoms with Crippen LogP contribution in [-0.2, 0) is 9.47 Å². The van der Waals surface area contributed by atoms with Crippen molar-refractivity contribution in [3.63, 3.8) is 0 Å². The Morgan fingerprint density at radius 2 is 2.09 bits per heavy atom. The molecule has 11 heavy (non-hydrogen) atoms. The molecular weight excluding hydrogens is 164 g/mol. The molecular formula is C8H13ClO2. The first-order valence-electron chi connectivity index (χ1n) is 4.22. The van der Waals surface area contributed by atoms with Gasteiger partial charge in [-0.3, -0.25) is 0 Å². The van der Waals surface area contributed by atoms with Crippen LogP contribution in [0.15, 0.2) is 0 Å². The zero-order valence-corrected chi connectivity index (χ0v) is 7.27. The normalized spacial score (nSPS) is 35.2. The molecule has 0 aromatic rings. The number of rotatable bonds is 1. The van der Waals surface area contributed by atoms with E-state index in [4.69, 9.17) is 21.1 Å². The summed E-state index contributed by atoms with van der Waals surface area (Å²) < 4.78 is 11.3. The molecule has 1 aliphatic heterocycles. The van der Waals surface area contributed by atoms with E-state index in [0.29, 0.717) is 12.5 Å². The summed E-state index contributed by atoms with van der Waals surface area (Å²) in [6, 6.07) is 0. The number of hydrogen-bond acceptors (Lipinski definition) is 2. The predicted octanol–water partition coefficient (Wildman–Crippen LogP) is 1.91. The van der Waals surface area contributed by atoms with Gasteiger partial charge in [-0.05, 0) is 12.8 Å². The highest BCUT2D eigenvalue weighted by Gasteiger charge is 2.43.